The van der Waals surface area contributed by atoms with Gasteiger partial charge in [-0.2, -0.15) is 0 Å². The van der Waals surface area contributed by atoms with E-state index in [4.69, 9.17) is 5.11 Å². The maximum Gasteiger partial charge on any atom is 0.253 e. The lowest BCUT2D eigenvalue weighted by atomic mass is 9.89. The van der Waals surface area contributed by atoms with Crippen LogP contribution in [-0.4, -0.2) is 28.7 Å². The van der Waals surface area contributed by atoms with Crippen LogP contribution in [0.1, 0.15) is 60.9 Å². The Hall–Kier alpha value is -1.29. The molecule has 1 fully saturated rings. The number of carbonyl (C=O) groups is 1. The molecule has 1 aliphatic rings. The summed E-state index contributed by atoms with van der Waals surface area (Å²) in [6.07, 6.45) is 3.14. The number of rotatable bonds is 6. The Morgan fingerprint density at radius 3 is 2.65 bits per heavy atom. The van der Waals surface area contributed by atoms with Crippen LogP contribution in [-0.2, 0) is 0 Å². The molecule has 0 radical (unpaired) electrons. The highest BCUT2D eigenvalue weighted by Crippen LogP contribution is 2.38. The summed E-state index contributed by atoms with van der Waals surface area (Å²) in [6, 6.07) is 2.59. The molecule has 1 aliphatic carbocycles. The van der Waals surface area contributed by atoms with Gasteiger partial charge >= 0.3 is 0 Å². The van der Waals surface area contributed by atoms with Crippen LogP contribution in [0.3, 0.4) is 0 Å². The van der Waals surface area contributed by atoms with Crippen LogP contribution in [0.25, 0.3) is 0 Å². The van der Waals surface area contributed by atoms with E-state index in [1.807, 2.05) is 13.0 Å². The zero-order valence-corrected chi connectivity index (χ0v) is 13.0. The Morgan fingerprint density at radius 1 is 1.45 bits per heavy atom. The molecular formula is C16H26N2O2. The Kier molecular flexibility index (Phi) is 4.23. The maximum absolute atomic E-state index is 12.3. The van der Waals surface area contributed by atoms with Gasteiger partial charge in [-0.05, 0) is 44.6 Å². The van der Waals surface area contributed by atoms with Gasteiger partial charge in [0.25, 0.3) is 5.91 Å². The Morgan fingerprint density at radius 2 is 2.10 bits per heavy atom. The van der Waals surface area contributed by atoms with Crippen molar-refractivity contribution in [2.24, 2.45) is 5.41 Å². The highest BCUT2D eigenvalue weighted by Gasteiger charge is 2.28. The van der Waals surface area contributed by atoms with Crippen molar-refractivity contribution >= 4 is 5.91 Å². The van der Waals surface area contributed by atoms with Crippen LogP contribution in [0.2, 0.25) is 0 Å². The van der Waals surface area contributed by atoms with Crippen molar-refractivity contribution in [1.29, 1.82) is 0 Å². The first kappa shape index (κ1) is 15.1. The smallest absolute Gasteiger partial charge is 0.253 e. The van der Waals surface area contributed by atoms with Crippen molar-refractivity contribution in [2.45, 2.75) is 53.0 Å². The average molecular weight is 278 g/mol. The largest absolute Gasteiger partial charge is 0.396 e. The van der Waals surface area contributed by atoms with E-state index in [1.54, 1.807) is 0 Å². The zero-order chi connectivity index (χ0) is 14.9. The van der Waals surface area contributed by atoms with Gasteiger partial charge in [0.1, 0.15) is 0 Å². The molecular weight excluding hydrogens is 252 g/mol. The van der Waals surface area contributed by atoms with E-state index >= 15 is 0 Å². The lowest BCUT2D eigenvalue weighted by molar-refractivity contribution is 0.0927. The van der Waals surface area contributed by atoms with E-state index in [9.17, 15) is 4.79 Å². The maximum atomic E-state index is 12.3. The minimum absolute atomic E-state index is 0.00369. The molecule has 1 aromatic heterocycles. The molecule has 0 unspecified atom stereocenters. The lowest BCUT2D eigenvalue weighted by Crippen LogP contribution is -2.34. The number of amides is 1. The molecule has 0 aliphatic heterocycles. The van der Waals surface area contributed by atoms with E-state index in [-0.39, 0.29) is 17.9 Å². The molecule has 0 aromatic carbocycles. The predicted octanol–water partition coefficient (Wildman–Crippen LogP) is 2.58. The minimum atomic E-state index is -0.0770. The molecule has 1 saturated carbocycles. The monoisotopic (exact) mass is 278 g/mol. The van der Waals surface area contributed by atoms with Gasteiger partial charge in [-0.3, -0.25) is 4.79 Å². The number of aliphatic hydroxyl groups excluding tert-OH is 1. The highest BCUT2D eigenvalue weighted by molar-refractivity contribution is 5.95. The number of aliphatic hydroxyl groups is 1. The van der Waals surface area contributed by atoms with Gasteiger partial charge in [-0.1, -0.05) is 13.8 Å². The SMILES string of the molecule is Cc1cc(C(=O)NCC(C)(C)CCO)c(C)n1C1CC1. The fraction of sp³-hybridized carbons (Fsp3) is 0.688. The fourth-order valence-corrected chi connectivity index (χ4v) is 2.71. The summed E-state index contributed by atoms with van der Waals surface area (Å²) < 4.78 is 2.29. The van der Waals surface area contributed by atoms with Crippen molar-refractivity contribution in [3.8, 4) is 0 Å². The van der Waals surface area contributed by atoms with Gasteiger partial charge in [0.2, 0.25) is 0 Å². The quantitative estimate of drug-likeness (QED) is 0.840. The zero-order valence-electron chi connectivity index (χ0n) is 13.0. The van der Waals surface area contributed by atoms with Crippen LogP contribution in [0.4, 0.5) is 0 Å². The van der Waals surface area contributed by atoms with Crippen molar-refractivity contribution in [3.05, 3.63) is 23.0 Å². The third-order valence-electron chi connectivity index (χ3n) is 4.16. The predicted molar refractivity (Wildman–Crippen MR) is 80.0 cm³/mol. The Labute approximate surface area is 121 Å². The first-order valence-electron chi connectivity index (χ1n) is 7.43. The second kappa shape index (κ2) is 5.60. The summed E-state index contributed by atoms with van der Waals surface area (Å²) in [5.41, 5.74) is 2.95. The summed E-state index contributed by atoms with van der Waals surface area (Å²) in [5, 5.41) is 12.0. The fourth-order valence-electron chi connectivity index (χ4n) is 2.71. The van der Waals surface area contributed by atoms with Crippen molar-refractivity contribution in [2.75, 3.05) is 13.2 Å². The number of aryl methyl sites for hydroxylation is 1. The minimum Gasteiger partial charge on any atom is -0.396 e. The van der Waals surface area contributed by atoms with E-state index < -0.39 is 0 Å². The van der Waals surface area contributed by atoms with E-state index in [0.29, 0.717) is 19.0 Å². The first-order valence-corrected chi connectivity index (χ1v) is 7.43. The third-order valence-corrected chi connectivity index (χ3v) is 4.16. The second-order valence-corrected chi connectivity index (χ2v) is 6.71. The molecule has 2 rings (SSSR count). The number of hydrogen-bond donors (Lipinski definition) is 2. The number of nitrogens with zero attached hydrogens (tertiary/aromatic N) is 1. The summed E-state index contributed by atoms with van der Waals surface area (Å²) in [7, 11) is 0. The van der Waals surface area contributed by atoms with Crippen LogP contribution < -0.4 is 5.32 Å². The highest BCUT2D eigenvalue weighted by atomic mass is 16.3. The summed E-state index contributed by atoms with van der Waals surface area (Å²) >= 11 is 0. The number of carbonyl (C=O) groups excluding carboxylic acids is 1. The third kappa shape index (κ3) is 3.23. The van der Waals surface area contributed by atoms with E-state index in [1.165, 1.54) is 18.5 Å². The molecule has 4 nitrogen and oxygen atoms in total. The van der Waals surface area contributed by atoms with Gasteiger partial charge in [-0.15, -0.1) is 0 Å². The van der Waals surface area contributed by atoms with Crippen LogP contribution in [0, 0.1) is 19.3 Å². The van der Waals surface area contributed by atoms with Crippen molar-refractivity contribution < 1.29 is 9.90 Å². The second-order valence-electron chi connectivity index (χ2n) is 6.71. The topological polar surface area (TPSA) is 54.3 Å². The number of nitrogens with one attached hydrogen (secondary N) is 1. The Bertz CT molecular complexity index is 499. The number of aromatic nitrogens is 1. The molecule has 0 atom stereocenters. The molecule has 4 heteroatoms. The summed E-state index contributed by atoms with van der Waals surface area (Å²) in [4.78, 5) is 12.3. The molecule has 0 bridgehead atoms. The van der Waals surface area contributed by atoms with E-state index in [2.05, 4.69) is 30.7 Å². The molecule has 0 saturated heterocycles. The molecule has 112 valence electrons. The lowest BCUT2D eigenvalue weighted by Gasteiger charge is -2.23. The van der Waals surface area contributed by atoms with Gasteiger partial charge in [-0.25, -0.2) is 0 Å². The standard InChI is InChI=1S/C16H26N2O2/c1-11-9-14(12(2)18(11)13-5-6-13)15(20)17-10-16(3,4)7-8-19/h9,13,19H,5-8,10H2,1-4H3,(H,17,20). The number of hydrogen-bond acceptors (Lipinski definition) is 2. The summed E-state index contributed by atoms with van der Waals surface area (Å²) in [6.45, 7) is 8.93. The van der Waals surface area contributed by atoms with E-state index in [0.717, 1.165) is 11.3 Å². The van der Waals surface area contributed by atoms with Crippen molar-refractivity contribution in [1.82, 2.24) is 9.88 Å². The van der Waals surface area contributed by atoms with Crippen LogP contribution in [0.15, 0.2) is 6.07 Å². The van der Waals surface area contributed by atoms with Gasteiger partial charge < -0.3 is 15.0 Å². The molecule has 1 amide bonds. The Balaban J connectivity index is 2.04. The van der Waals surface area contributed by atoms with Gasteiger partial charge in [0.15, 0.2) is 0 Å². The summed E-state index contributed by atoms with van der Waals surface area (Å²) in [5.74, 6) is -0.00369. The average Bonchev–Trinajstić information content (AvgIpc) is 3.13. The van der Waals surface area contributed by atoms with Gasteiger partial charge in [0.05, 0.1) is 5.56 Å². The molecule has 1 aromatic rings. The molecule has 20 heavy (non-hydrogen) atoms. The van der Waals surface area contributed by atoms with Crippen LogP contribution >= 0.6 is 0 Å². The molecule has 0 spiro atoms. The molecule has 2 N–H and O–H groups in total. The van der Waals surface area contributed by atoms with Crippen molar-refractivity contribution in [3.63, 3.8) is 0 Å². The van der Waals surface area contributed by atoms with Crippen LogP contribution in [0.5, 0.6) is 0 Å². The molecule has 1 heterocycles. The first-order chi connectivity index (χ1) is 9.35. The normalized spacial score (nSPS) is 15.4. The van der Waals surface area contributed by atoms with Gasteiger partial charge in [0, 0.05) is 30.6 Å².